The second kappa shape index (κ2) is 7.65. The maximum Gasteiger partial charge on any atom is 0.410 e. The highest BCUT2D eigenvalue weighted by Crippen LogP contribution is 2.29. The third-order valence-electron chi connectivity index (χ3n) is 5.60. The van der Waals surface area contributed by atoms with E-state index in [1.54, 1.807) is 4.90 Å². The number of pyridine rings is 1. The molecule has 2 saturated heterocycles. The summed E-state index contributed by atoms with van der Waals surface area (Å²) < 4.78 is 7.51. The highest BCUT2D eigenvalue weighted by atomic mass is 16.6. The molecule has 0 saturated carbocycles. The maximum atomic E-state index is 13.3. The molecule has 0 bridgehead atoms. The Kier molecular flexibility index (Phi) is 5.19. The van der Waals surface area contributed by atoms with Crippen LogP contribution < -0.4 is 0 Å². The Bertz CT molecular complexity index is 903. The van der Waals surface area contributed by atoms with Crippen molar-refractivity contribution in [1.82, 2.24) is 24.4 Å². The lowest BCUT2D eigenvalue weighted by atomic mass is 9.96. The van der Waals surface area contributed by atoms with E-state index in [9.17, 15) is 9.59 Å². The summed E-state index contributed by atoms with van der Waals surface area (Å²) in [4.78, 5) is 29.4. The number of fused-ring (bicyclic) bond motifs is 1. The molecular formula is C21H29N5O3. The van der Waals surface area contributed by atoms with Gasteiger partial charge in [-0.2, -0.15) is 0 Å². The van der Waals surface area contributed by atoms with E-state index >= 15 is 0 Å². The van der Waals surface area contributed by atoms with Gasteiger partial charge in [-0.3, -0.25) is 14.1 Å². The Balaban J connectivity index is 1.48. The van der Waals surface area contributed by atoms with Gasteiger partial charge in [0.05, 0.1) is 0 Å². The van der Waals surface area contributed by atoms with E-state index in [0.29, 0.717) is 26.1 Å². The first-order valence-corrected chi connectivity index (χ1v) is 10.4. The summed E-state index contributed by atoms with van der Waals surface area (Å²) in [6.45, 7) is 7.41. The summed E-state index contributed by atoms with van der Waals surface area (Å²) in [5, 5.41) is 8.63. The average molecular weight is 399 g/mol. The zero-order valence-corrected chi connectivity index (χ0v) is 17.4. The van der Waals surface area contributed by atoms with Crippen LogP contribution in [-0.2, 0) is 9.53 Å². The summed E-state index contributed by atoms with van der Waals surface area (Å²) in [6.07, 6.45) is 4.96. The van der Waals surface area contributed by atoms with Gasteiger partial charge in [0.2, 0.25) is 5.91 Å². The lowest BCUT2D eigenvalue weighted by Crippen LogP contribution is -2.51. The first-order valence-electron chi connectivity index (χ1n) is 10.4. The fraction of sp³-hybridized carbons (Fsp3) is 0.619. The third kappa shape index (κ3) is 4.06. The monoisotopic (exact) mass is 399 g/mol. The van der Waals surface area contributed by atoms with Gasteiger partial charge in [-0.1, -0.05) is 6.07 Å². The molecule has 8 heteroatoms. The van der Waals surface area contributed by atoms with Crippen molar-refractivity contribution in [3.8, 4) is 0 Å². The van der Waals surface area contributed by atoms with Crippen molar-refractivity contribution in [2.45, 2.75) is 64.0 Å². The normalized spacial score (nSPS) is 22.9. The molecule has 2 aromatic heterocycles. The summed E-state index contributed by atoms with van der Waals surface area (Å²) >= 11 is 0. The largest absolute Gasteiger partial charge is 0.444 e. The van der Waals surface area contributed by atoms with Crippen LogP contribution in [0, 0.1) is 0 Å². The molecule has 4 rings (SSSR count). The van der Waals surface area contributed by atoms with E-state index in [0.717, 1.165) is 30.7 Å². The molecule has 2 aliphatic rings. The molecule has 2 aliphatic heterocycles. The molecule has 0 aromatic carbocycles. The molecule has 2 unspecified atom stereocenters. The predicted molar refractivity (Wildman–Crippen MR) is 108 cm³/mol. The molecule has 8 nitrogen and oxygen atoms in total. The Morgan fingerprint density at radius 3 is 2.69 bits per heavy atom. The molecule has 2 fully saturated rings. The number of nitrogens with zero attached hydrogens (tertiary/aromatic N) is 5. The number of rotatable bonds is 2. The number of likely N-dealkylation sites (tertiary alicyclic amines) is 2. The average Bonchev–Trinajstić information content (AvgIpc) is 3.33. The fourth-order valence-electron chi connectivity index (χ4n) is 4.30. The lowest BCUT2D eigenvalue weighted by molar-refractivity contribution is -0.137. The van der Waals surface area contributed by atoms with Crippen molar-refractivity contribution >= 4 is 17.6 Å². The first-order chi connectivity index (χ1) is 13.8. The van der Waals surface area contributed by atoms with Crippen molar-refractivity contribution in [2.24, 2.45) is 0 Å². The number of aromatic nitrogens is 3. The number of carbonyl (C=O) groups excluding carboxylic acids is 2. The predicted octanol–water partition coefficient (Wildman–Crippen LogP) is 2.83. The van der Waals surface area contributed by atoms with Crippen molar-refractivity contribution < 1.29 is 14.3 Å². The molecule has 156 valence electrons. The second-order valence-electron chi connectivity index (χ2n) is 8.94. The van der Waals surface area contributed by atoms with Crippen LogP contribution in [0.2, 0.25) is 0 Å². The van der Waals surface area contributed by atoms with Crippen LogP contribution in [0.1, 0.15) is 58.2 Å². The van der Waals surface area contributed by atoms with Gasteiger partial charge in [-0.05, 0) is 58.6 Å². The van der Waals surface area contributed by atoms with Gasteiger partial charge in [0.1, 0.15) is 17.5 Å². The van der Waals surface area contributed by atoms with Gasteiger partial charge in [-0.25, -0.2) is 4.79 Å². The molecule has 4 heterocycles. The molecule has 29 heavy (non-hydrogen) atoms. The van der Waals surface area contributed by atoms with Crippen molar-refractivity contribution in [2.75, 3.05) is 19.6 Å². The van der Waals surface area contributed by atoms with E-state index in [1.807, 2.05) is 54.5 Å². The molecule has 2 atom stereocenters. The van der Waals surface area contributed by atoms with Crippen LogP contribution in [0.15, 0.2) is 24.4 Å². The van der Waals surface area contributed by atoms with E-state index in [1.165, 1.54) is 0 Å². The number of piperidine rings is 1. The number of hydrogen-bond donors (Lipinski definition) is 0. The molecule has 0 aliphatic carbocycles. The van der Waals surface area contributed by atoms with Crippen molar-refractivity contribution in [1.29, 1.82) is 0 Å². The van der Waals surface area contributed by atoms with E-state index in [2.05, 4.69) is 10.2 Å². The van der Waals surface area contributed by atoms with Crippen LogP contribution in [0.25, 0.3) is 5.65 Å². The van der Waals surface area contributed by atoms with Crippen LogP contribution >= 0.6 is 0 Å². The van der Waals surface area contributed by atoms with Gasteiger partial charge in [0, 0.05) is 31.7 Å². The number of amides is 2. The molecule has 2 aromatic rings. The van der Waals surface area contributed by atoms with Crippen molar-refractivity contribution in [3.63, 3.8) is 0 Å². The highest BCUT2D eigenvalue weighted by Gasteiger charge is 2.40. The van der Waals surface area contributed by atoms with Gasteiger partial charge >= 0.3 is 6.09 Å². The van der Waals surface area contributed by atoms with Crippen molar-refractivity contribution in [3.05, 3.63) is 30.2 Å². The van der Waals surface area contributed by atoms with Gasteiger partial charge in [-0.15, -0.1) is 10.2 Å². The minimum atomic E-state index is -0.571. The number of carbonyl (C=O) groups is 2. The summed E-state index contributed by atoms with van der Waals surface area (Å²) in [6, 6.07) is 5.40. The summed E-state index contributed by atoms with van der Waals surface area (Å²) in [7, 11) is 0. The lowest BCUT2D eigenvalue weighted by Gasteiger charge is -2.36. The Hall–Kier alpha value is -2.64. The molecule has 0 radical (unpaired) electrons. The SMILES string of the molecule is CC(C)(C)OC(=O)N1CCCC1C(=O)N1CCCC(c2nnc3ccccn23)C1. The van der Waals surface area contributed by atoms with Gasteiger partial charge in [0.15, 0.2) is 5.65 Å². The molecular weight excluding hydrogens is 370 g/mol. The molecule has 0 spiro atoms. The van der Waals surface area contributed by atoms with E-state index in [-0.39, 0.29) is 11.8 Å². The Morgan fingerprint density at radius 2 is 1.90 bits per heavy atom. The third-order valence-corrected chi connectivity index (χ3v) is 5.60. The van der Waals surface area contributed by atoms with E-state index < -0.39 is 17.7 Å². The fourth-order valence-corrected chi connectivity index (χ4v) is 4.30. The minimum Gasteiger partial charge on any atom is -0.444 e. The van der Waals surface area contributed by atoms with Crippen LogP contribution in [-0.4, -0.2) is 67.7 Å². The summed E-state index contributed by atoms with van der Waals surface area (Å²) in [5.41, 5.74) is 0.246. The zero-order valence-electron chi connectivity index (χ0n) is 17.4. The van der Waals surface area contributed by atoms with Crippen LogP contribution in [0.3, 0.4) is 0 Å². The van der Waals surface area contributed by atoms with Gasteiger partial charge < -0.3 is 9.64 Å². The Labute approximate surface area is 170 Å². The van der Waals surface area contributed by atoms with Crippen LogP contribution in [0.5, 0.6) is 0 Å². The second-order valence-corrected chi connectivity index (χ2v) is 8.94. The Morgan fingerprint density at radius 1 is 1.10 bits per heavy atom. The molecule has 2 amide bonds. The quantitative estimate of drug-likeness (QED) is 0.776. The zero-order chi connectivity index (χ0) is 20.6. The standard InChI is InChI=1S/C21H29N5O3/c1-21(2,3)29-20(28)25-13-7-9-16(25)19(27)24-11-6-8-15(14-24)18-23-22-17-10-4-5-12-26(17)18/h4-5,10,12,15-16H,6-9,11,13-14H2,1-3H3. The maximum absolute atomic E-state index is 13.3. The smallest absolute Gasteiger partial charge is 0.410 e. The highest BCUT2D eigenvalue weighted by molar-refractivity contribution is 5.86. The van der Waals surface area contributed by atoms with E-state index in [4.69, 9.17) is 4.74 Å². The van der Waals surface area contributed by atoms with Crippen LogP contribution in [0.4, 0.5) is 4.79 Å². The summed E-state index contributed by atoms with van der Waals surface area (Å²) in [5.74, 6) is 1.06. The number of ether oxygens (including phenoxy) is 1. The first kappa shape index (κ1) is 19.7. The minimum absolute atomic E-state index is 0.0203. The number of hydrogen-bond acceptors (Lipinski definition) is 5. The molecule has 0 N–H and O–H groups in total. The topological polar surface area (TPSA) is 80.0 Å². The van der Waals surface area contributed by atoms with Gasteiger partial charge in [0.25, 0.3) is 0 Å².